The fourth-order valence-electron chi connectivity index (χ4n) is 5.29. The Bertz CT molecular complexity index is 1370. The molecule has 0 heterocycles. The fourth-order valence-corrected chi connectivity index (χ4v) is 5.29. The molecule has 0 aliphatic rings. The average molecular weight is 757 g/mol. The van der Waals surface area contributed by atoms with Crippen molar-refractivity contribution >= 4 is 24.1 Å². The molecule has 0 spiro atoms. The summed E-state index contributed by atoms with van der Waals surface area (Å²) in [5.41, 5.74) is 1.83. The Morgan fingerprint density at radius 1 is 0.519 bits per heavy atom. The highest BCUT2D eigenvalue weighted by Gasteiger charge is 2.20. The van der Waals surface area contributed by atoms with E-state index < -0.39 is 24.1 Å². The molecule has 2 atom stereocenters. The van der Waals surface area contributed by atoms with Crippen molar-refractivity contribution in [1.29, 1.82) is 0 Å². The Morgan fingerprint density at radius 2 is 0.870 bits per heavy atom. The van der Waals surface area contributed by atoms with Crippen LogP contribution in [0.1, 0.15) is 50.7 Å². The number of carbonyl (C=O) groups excluding carboxylic acids is 4. The smallest absolute Gasteiger partial charge is 0.412 e. The lowest BCUT2D eigenvalue weighted by Crippen LogP contribution is -2.33. The first-order valence-corrected chi connectivity index (χ1v) is 18.7. The van der Waals surface area contributed by atoms with Crippen LogP contribution in [-0.2, 0) is 22.4 Å². The van der Waals surface area contributed by atoms with Gasteiger partial charge in [-0.05, 0) is 142 Å². The first kappa shape index (κ1) is 45.9. The third-order valence-corrected chi connectivity index (χ3v) is 8.59. The number of benzene rings is 2. The van der Waals surface area contributed by atoms with Crippen LogP contribution in [0.4, 0.5) is 9.59 Å². The molecule has 2 rings (SSSR count). The second-order valence-electron chi connectivity index (χ2n) is 14.9. The maximum absolute atomic E-state index is 12.8. The molecule has 0 saturated heterocycles. The highest BCUT2D eigenvalue weighted by molar-refractivity contribution is 5.76. The van der Waals surface area contributed by atoms with Gasteiger partial charge >= 0.3 is 24.1 Å². The normalized spacial score (nSPS) is 12.5. The molecule has 2 amide bonds. The maximum atomic E-state index is 12.8. The molecule has 0 aromatic heterocycles. The van der Waals surface area contributed by atoms with Gasteiger partial charge in [0, 0.05) is 39.0 Å². The van der Waals surface area contributed by atoms with E-state index in [1.807, 2.05) is 88.1 Å². The average Bonchev–Trinajstić information content (AvgIpc) is 3.06. The lowest BCUT2D eigenvalue weighted by molar-refractivity contribution is -0.135. The van der Waals surface area contributed by atoms with Crippen LogP contribution in [0.5, 0.6) is 23.0 Å². The predicted octanol–water partition coefficient (Wildman–Crippen LogP) is 4.54. The third-order valence-electron chi connectivity index (χ3n) is 8.59. The molecule has 302 valence electrons. The first-order chi connectivity index (χ1) is 25.5. The molecule has 2 aromatic rings. The van der Waals surface area contributed by atoms with Gasteiger partial charge in [-0.3, -0.25) is 9.59 Å². The van der Waals surface area contributed by atoms with Gasteiger partial charge in [-0.1, -0.05) is 26.0 Å². The van der Waals surface area contributed by atoms with E-state index in [4.69, 9.17) is 18.9 Å². The van der Waals surface area contributed by atoms with Gasteiger partial charge in [-0.2, -0.15) is 0 Å². The van der Waals surface area contributed by atoms with Crippen LogP contribution in [0.25, 0.3) is 0 Å². The van der Waals surface area contributed by atoms with Crippen molar-refractivity contribution in [2.24, 2.45) is 11.8 Å². The summed E-state index contributed by atoms with van der Waals surface area (Å²) < 4.78 is 22.6. The standard InChI is InChI=1S/C40H64N6O8/c1-29(25-31-16-18-34(53-39(49)41-19-23-45(7)8)35(27-31)52-38(48)14-12-22-44(5)6)30(2)26-32-15-17-33(51-37(47)13-11-21-43(3)4)36(28-32)54-40(50)42-20-24-46(9)10/h15-18,27-30H,11-14,19-26H2,1-10H3,(H,41,49)(H,42,50)/t29-,30+/m0/s1. The molecule has 0 radical (unpaired) electrons. The van der Waals surface area contributed by atoms with Crippen molar-refractivity contribution in [3.63, 3.8) is 0 Å². The number of carbonyl (C=O) groups is 4. The lowest BCUT2D eigenvalue weighted by atomic mass is 9.85. The minimum Gasteiger partial charge on any atom is -0.423 e. The third kappa shape index (κ3) is 19.2. The van der Waals surface area contributed by atoms with Crippen molar-refractivity contribution in [2.75, 3.05) is 95.6 Å². The molecule has 14 nitrogen and oxygen atoms in total. The van der Waals surface area contributed by atoms with Gasteiger partial charge in [-0.15, -0.1) is 0 Å². The zero-order valence-corrected chi connectivity index (χ0v) is 34.2. The minimum absolute atomic E-state index is 0.166. The zero-order valence-electron chi connectivity index (χ0n) is 34.2. The zero-order chi connectivity index (χ0) is 40.2. The van der Waals surface area contributed by atoms with E-state index in [0.29, 0.717) is 51.9 Å². The molecule has 0 aliphatic heterocycles. The van der Waals surface area contributed by atoms with Crippen LogP contribution in [-0.4, -0.2) is 139 Å². The van der Waals surface area contributed by atoms with E-state index in [9.17, 15) is 19.2 Å². The number of esters is 2. The number of nitrogens with zero attached hydrogens (tertiary/aromatic N) is 4. The molecule has 0 fully saturated rings. The second-order valence-corrected chi connectivity index (χ2v) is 14.9. The summed E-state index contributed by atoms with van der Waals surface area (Å²) in [7, 11) is 15.4. The van der Waals surface area contributed by atoms with Crippen molar-refractivity contribution in [3.8, 4) is 23.0 Å². The molecule has 2 aromatic carbocycles. The highest BCUT2D eigenvalue weighted by Crippen LogP contribution is 2.33. The largest absolute Gasteiger partial charge is 0.423 e. The van der Waals surface area contributed by atoms with E-state index in [2.05, 4.69) is 24.5 Å². The SMILES string of the molecule is C[C@H](Cc1ccc(OC(=O)CCCN(C)C)c(OC(=O)NCCN(C)C)c1)[C@@H](C)Cc1ccc(OC(=O)NCCN(C)C)c(OC(=O)CCCN(C)C)c1. The van der Waals surface area contributed by atoms with E-state index in [-0.39, 0.29) is 47.7 Å². The van der Waals surface area contributed by atoms with Crippen LogP contribution >= 0.6 is 0 Å². The predicted molar refractivity (Wildman–Crippen MR) is 211 cm³/mol. The molecular weight excluding hydrogens is 692 g/mol. The topological polar surface area (TPSA) is 142 Å². The summed E-state index contributed by atoms with van der Waals surface area (Å²) in [5.74, 6) is 0.264. The number of nitrogens with one attached hydrogen (secondary N) is 2. The van der Waals surface area contributed by atoms with Crippen LogP contribution in [0.15, 0.2) is 36.4 Å². The van der Waals surface area contributed by atoms with Crippen LogP contribution < -0.4 is 29.6 Å². The van der Waals surface area contributed by atoms with Crippen molar-refractivity contribution in [3.05, 3.63) is 47.5 Å². The lowest BCUT2D eigenvalue weighted by Gasteiger charge is -2.21. The molecule has 0 unspecified atom stereocenters. The monoisotopic (exact) mass is 756 g/mol. The number of amides is 2. The maximum Gasteiger partial charge on any atom is 0.412 e. The molecular formula is C40H64N6O8. The molecule has 0 bridgehead atoms. The molecule has 14 heteroatoms. The Labute approximate surface area is 322 Å². The quantitative estimate of drug-likeness (QED) is 0.122. The summed E-state index contributed by atoms with van der Waals surface area (Å²) >= 11 is 0. The van der Waals surface area contributed by atoms with E-state index in [1.54, 1.807) is 24.3 Å². The number of hydrogen-bond donors (Lipinski definition) is 2. The summed E-state index contributed by atoms with van der Waals surface area (Å²) in [6.07, 6.45) is 1.78. The van der Waals surface area contributed by atoms with Crippen molar-refractivity contribution < 1.29 is 38.1 Å². The van der Waals surface area contributed by atoms with Gasteiger partial charge in [0.25, 0.3) is 0 Å². The Kier molecular flexibility index (Phi) is 20.6. The van der Waals surface area contributed by atoms with Gasteiger partial charge in [0.05, 0.1) is 0 Å². The van der Waals surface area contributed by atoms with Crippen molar-refractivity contribution in [1.82, 2.24) is 30.2 Å². The number of rotatable bonds is 23. The Hall–Kier alpha value is -4.24. The highest BCUT2D eigenvalue weighted by atomic mass is 16.6. The summed E-state index contributed by atoms with van der Waals surface area (Å²) in [4.78, 5) is 58.5. The summed E-state index contributed by atoms with van der Waals surface area (Å²) in [5, 5.41) is 5.46. The van der Waals surface area contributed by atoms with Gasteiger partial charge < -0.3 is 49.2 Å². The first-order valence-electron chi connectivity index (χ1n) is 18.7. The van der Waals surface area contributed by atoms with Crippen LogP contribution in [0, 0.1) is 11.8 Å². The molecule has 0 saturated carbocycles. The molecule has 0 aliphatic carbocycles. The van der Waals surface area contributed by atoms with Crippen molar-refractivity contribution in [2.45, 2.75) is 52.4 Å². The van der Waals surface area contributed by atoms with Crippen LogP contribution in [0.3, 0.4) is 0 Å². The van der Waals surface area contributed by atoms with Crippen LogP contribution in [0.2, 0.25) is 0 Å². The molecule has 2 N–H and O–H groups in total. The van der Waals surface area contributed by atoms with Gasteiger partial charge in [0.2, 0.25) is 0 Å². The summed E-state index contributed by atoms with van der Waals surface area (Å²) in [6, 6.07) is 10.6. The van der Waals surface area contributed by atoms with E-state index in [0.717, 1.165) is 24.2 Å². The second kappa shape index (κ2) is 24.2. The van der Waals surface area contributed by atoms with Gasteiger partial charge in [0.1, 0.15) is 0 Å². The fraction of sp³-hybridized carbons (Fsp3) is 0.600. The van der Waals surface area contributed by atoms with E-state index >= 15 is 0 Å². The number of likely N-dealkylation sites (N-methyl/N-ethyl adjacent to an activating group) is 2. The number of hydrogen-bond acceptors (Lipinski definition) is 12. The summed E-state index contributed by atoms with van der Waals surface area (Å²) in [6.45, 7) is 7.85. The van der Waals surface area contributed by atoms with Gasteiger partial charge in [0.15, 0.2) is 23.0 Å². The molecule has 54 heavy (non-hydrogen) atoms. The van der Waals surface area contributed by atoms with Gasteiger partial charge in [-0.25, -0.2) is 9.59 Å². The Morgan fingerprint density at radius 3 is 1.28 bits per heavy atom. The minimum atomic E-state index is -0.631. The van der Waals surface area contributed by atoms with E-state index in [1.165, 1.54) is 0 Å². The number of ether oxygens (including phenoxy) is 4. The Balaban J connectivity index is 2.21.